The van der Waals surface area contributed by atoms with Crippen LogP contribution in [0.25, 0.3) is 50.4 Å². The Balaban J connectivity index is 0.000000190. The van der Waals surface area contributed by atoms with Crippen molar-refractivity contribution in [1.82, 2.24) is 39.9 Å². The zero-order chi connectivity index (χ0) is 56.9. The number of fused-ring (bicyclic) bond motifs is 2. The molecule has 13 nitrogen and oxygen atoms in total. The van der Waals surface area contributed by atoms with Crippen LogP contribution in [0.2, 0.25) is 17.8 Å². The fourth-order valence-electron chi connectivity index (χ4n) is 8.75. The number of nitrogens with one attached hydrogen (secondary N) is 3. The molecule has 7 heterocycles. The van der Waals surface area contributed by atoms with Gasteiger partial charge in [-0.25, -0.2) is 24.9 Å². The molecular formula is C57H55BClF6N11O2. The molecule has 0 saturated carbocycles. The van der Waals surface area contributed by atoms with Gasteiger partial charge in [0.25, 0.3) is 11.8 Å². The van der Waals surface area contributed by atoms with Gasteiger partial charge in [0.15, 0.2) is 18.0 Å². The van der Waals surface area contributed by atoms with E-state index in [-0.39, 0.29) is 16.3 Å². The van der Waals surface area contributed by atoms with Gasteiger partial charge in [-0.15, -0.1) is 12.6 Å². The lowest BCUT2D eigenvalue weighted by Gasteiger charge is -2.35. The Kier molecular flexibility index (Phi) is 17.1. The zero-order valence-corrected chi connectivity index (χ0v) is 44.8. The summed E-state index contributed by atoms with van der Waals surface area (Å²) in [6, 6.07) is 17.9. The maximum atomic E-state index is 13.0. The van der Waals surface area contributed by atoms with E-state index in [1.807, 2.05) is 32.9 Å². The molecule has 8 aromatic rings. The van der Waals surface area contributed by atoms with Gasteiger partial charge in [0.05, 0.1) is 5.69 Å². The first-order valence-corrected chi connectivity index (χ1v) is 25.0. The molecule has 0 unspecified atom stereocenters. The van der Waals surface area contributed by atoms with Crippen LogP contribution in [-0.2, 0) is 18.8 Å². The number of anilines is 3. The Labute approximate surface area is 452 Å². The highest BCUT2D eigenvalue weighted by molar-refractivity contribution is 6.65. The molecule has 0 bridgehead atoms. The van der Waals surface area contributed by atoms with Gasteiger partial charge < -0.3 is 16.0 Å². The van der Waals surface area contributed by atoms with Gasteiger partial charge in [-0.1, -0.05) is 77.6 Å². The van der Waals surface area contributed by atoms with Crippen LogP contribution in [0.3, 0.4) is 0 Å². The number of nitrogens with zero attached hydrogens (tertiary/aromatic N) is 8. The van der Waals surface area contributed by atoms with Crippen LogP contribution in [0.4, 0.5) is 43.7 Å². The number of hydrogen-bond acceptors (Lipinski definition) is 11. The molecule has 0 atom stereocenters. The molecule has 1 saturated heterocycles. The van der Waals surface area contributed by atoms with Crippen LogP contribution in [-0.4, -0.2) is 65.4 Å². The highest BCUT2D eigenvalue weighted by Crippen LogP contribution is 2.53. The second-order valence-corrected chi connectivity index (χ2v) is 20.2. The van der Waals surface area contributed by atoms with Gasteiger partial charge in [-0.05, 0) is 114 Å². The Morgan fingerprint density at radius 3 is 1.60 bits per heavy atom. The molecule has 6 aromatic heterocycles. The van der Waals surface area contributed by atoms with Crippen molar-refractivity contribution in [2.24, 2.45) is 10.8 Å². The molecule has 21 heteroatoms. The van der Waals surface area contributed by atoms with E-state index >= 15 is 0 Å². The van der Waals surface area contributed by atoms with Crippen LogP contribution in [0.15, 0.2) is 117 Å². The summed E-state index contributed by atoms with van der Waals surface area (Å²) < 4.78 is 77.6. The lowest BCUT2D eigenvalue weighted by molar-refractivity contribution is -0.142. The Hall–Kier alpha value is -8.13. The number of carbonyl (C=O) groups is 2. The third kappa shape index (κ3) is 13.3. The number of hydrogen-bond donors (Lipinski definition) is 3. The number of rotatable bonds is 10. The smallest absolute Gasteiger partial charge is 0.357 e. The van der Waals surface area contributed by atoms with E-state index in [0.717, 1.165) is 52.8 Å². The van der Waals surface area contributed by atoms with Crippen molar-refractivity contribution in [3.05, 3.63) is 167 Å². The molecule has 1 aliphatic heterocycles. The summed E-state index contributed by atoms with van der Waals surface area (Å²) in [7, 11) is 1.69. The van der Waals surface area contributed by atoms with E-state index in [1.54, 1.807) is 61.9 Å². The number of benzene rings is 2. The molecule has 2 aromatic carbocycles. The van der Waals surface area contributed by atoms with Crippen LogP contribution in [0, 0.1) is 24.7 Å². The first kappa shape index (κ1) is 57.6. The molecule has 2 amide bonds. The number of carbonyl (C=O) groups excluding carboxylic acids is 2. The van der Waals surface area contributed by atoms with Crippen molar-refractivity contribution < 1.29 is 35.9 Å². The fourth-order valence-corrected chi connectivity index (χ4v) is 8.98. The average Bonchev–Trinajstić information content (AvgIpc) is 3.66. The largest absolute Gasteiger partial charge is 0.433 e. The lowest BCUT2D eigenvalue weighted by atomic mass is 9.47. The minimum Gasteiger partial charge on any atom is -0.357 e. The lowest BCUT2D eigenvalue weighted by Crippen LogP contribution is -2.24. The van der Waals surface area contributed by atoms with Crippen molar-refractivity contribution in [1.29, 1.82) is 0 Å². The van der Waals surface area contributed by atoms with E-state index in [0.29, 0.717) is 80.0 Å². The Morgan fingerprint density at radius 1 is 0.654 bits per heavy atom. The van der Waals surface area contributed by atoms with E-state index in [9.17, 15) is 35.9 Å². The van der Waals surface area contributed by atoms with E-state index in [1.165, 1.54) is 24.8 Å². The van der Waals surface area contributed by atoms with Crippen molar-refractivity contribution in [3.63, 3.8) is 0 Å². The highest BCUT2D eigenvalue weighted by Gasteiger charge is 2.46. The normalized spacial score (nSPS) is 13.7. The SMILES string of the molecule is C=CB1CC(C)(C)C(C)(C)C1.C=Cc1nc2nc(CC)ncc2cc1-c1cc(NC(=O)c2ccnc(C(F)(F)F)c2)ccc1C.CNc1ncc2cc(-c3cc(NC(=O)c4ccnc(C(F)(F)F)c4)ccc3C)c(Cl)nc2n1. The number of amides is 2. The minimum atomic E-state index is -4.65. The predicted octanol–water partition coefficient (Wildman–Crippen LogP) is 14.5. The van der Waals surface area contributed by atoms with Crippen LogP contribution < -0.4 is 16.0 Å². The number of aryl methyl sites for hydroxylation is 3. The first-order valence-electron chi connectivity index (χ1n) is 24.6. The van der Waals surface area contributed by atoms with Crippen molar-refractivity contribution in [2.45, 2.75) is 79.9 Å². The van der Waals surface area contributed by atoms with Gasteiger partial charge in [0.1, 0.15) is 22.4 Å². The van der Waals surface area contributed by atoms with E-state index in [4.69, 9.17) is 11.6 Å². The van der Waals surface area contributed by atoms with Gasteiger partial charge in [0, 0.05) is 82.7 Å². The van der Waals surface area contributed by atoms with Crippen molar-refractivity contribution >= 4 is 75.6 Å². The summed E-state index contributed by atoms with van der Waals surface area (Å²) in [6.07, 6.45) is 0.879. The molecule has 9 rings (SSSR count). The summed E-state index contributed by atoms with van der Waals surface area (Å²) in [5.41, 5.74) is 5.41. The molecule has 0 radical (unpaired) electrons. The molecule has 402 valence electrons. The molecule has 0 spiro atoms. The molecular weight excluding hydrogens is 1030 g/mol. The maximum Gasteiger partial charge on any atom is 0.433 e. The van der Waals surface area contributed by atoms with Gasteiger partial charge >= 0.3 is 12.4 Å². The second-order valence-electron chi connectivity index (χ2n) is 19.9. The van der Waals surface area contributed by atoms with Gasteiger partial charge in [-0.3, -0.25) is 19.6 Å². The number of alkyl halides is 6. The number of aromatic nitrogens is 8. The second kappa shape index (κ2) is 23.2. The highest BCUT2D eigenvalue weighted by atomic mass is 35.5. The zero-order valence-electron chi connectivity index (χ0n) is 44.0. The summed E-state index contributed by atoms with van der Waals surface area (Å²) in [4.78, 5) is 58.0. The van der Waals surface area contributed by atoms with Crippen molar-refractivity contribution in [2.75, 3.05) is 23.0 Å². The topological polar surface area (TPSA) is 173 Å². The van der Waals surface area contributed by atoms with Gasteiger partial charge in [0.2, 0.25) is 5.95 Å². The number of pyridine rings is 4. The average molecular weight is 1090 g/mol. The first-order chi connectivity index (χ1) is 36.7. The Bertz CT molecular complexity index is 3580. The summed E-state index contributed by atoms with van der Waals surface area (Å²) in [5, 5.41) is 9.73. The van der Waals surface area contributed by atoms with Crippen molar-refractivity contribution in [3.8, 4) is 22.3 Å². The third-order valence-corrected chi connectivity index (χ3v) is 14.1. The van der Waals surface area contributed by atoms with E-state index < -0.39 is 35.6 Å². The maximum absolute atomic E-state index is 13.0. The molecule has 1 aliphatic rings. The van der Waals surface area contributed by atoms with Crippen LogP contribution in [0.1, 0.15) is 89.4 Å². The third-order valence-electron chi connectivity index (χ3n) is 13.8. The predicted molar refractivity (Wildman–Crippen MR) is 297 cm³/mol. The monoisotopic (exact) mass is 1090 g/mol. The Morgan fingerprint density at radius 2 is 1.14 bits per heavy atom. The van der Waals surface area contributed by atoms with Crippen LogP contribution >= 0.6 is 11.6 Å². The van der Waals surface area contributed by atoms with Gasteiger partial charge in [-0.2, -0.15) is 31.3 Å². The minimum absolute atomic E-state index is 0.146. The van der Waals surface area contributed by atoms with Crippen LogP contribution in [0.5, 0.6) is 0 Å². The molecule has 3 N–H and O–H groups in total. The fraction of sp³-hybridized carbons (Fsp3) is 0.263. The summed E-state index contributed by atoms with van der Waals surface area (Å²) in [5.74, 6) is 1.84. The summed E-state index contributed by atoms with van der Waals surface area (Å²) >= 11 is 6.43. The molecule has 78 heavy (non-hydrogen) atoms. The molecule has 1 fully saturated rings. The number of halogens is 7. The summed E-state index contributed by atoms with van der Waals surface area (Å²) in [6.45, 7) is 23.7. The standard InChI is InChI=1S/C25H20F3N5O.C22H16ClF3N6O.C10H19B/c1-4-20-19(10-16-13-30-22(5-2)33-23(16)32-20)18-12-17(7-6-14(18)3)31-24(34)15-8-9-29-21(11-15)25(26,27)28;1-11-3-4-14(30-20(33)12-5-6-28-17(8-12)22(24,25)26)9-15(11)16-7-13-10-29-21(27-2)32-19(13)31-18(16)23;1-6-11-7-9(2,3)10(4,5)8-11/h4,6-13H,1,5H2,2-3H3,(H,31,34);3-10H,1-2H3,(H,30,33)(H,27,29,31,32);6H,1,7-8H2,2-5H3. The molecule has 0 aliphatic carbocycles. The quantitative estimate of drug-likeness (QED) is 0.0676. The van der Waals surface area contributed by atoms with E-state index in [2.05, 4.69) is 103 Å².